The van der Waals surface area contributed by atoms with Crippen LogP contribution in [-0.4, -0.2) is 24.8 Å². The van der Waals surface area contributed by atoms with Crippen LogP contribution in [0.1, 0.15) is 0 Å². The van der Waals surface area contributed by atoms with Crippen LogP contribution in [-0.2, 0) is 7.05 Å². The minimum atomic E-state index is 0.402. The highest BCUT2D eigenvalue weighted by atomic mass is 15.4. The van der Waals surface area contributed by atoms with Crippen molar-refractivity contribution >= 4 is 5.82 Å². The molecule has 0 bridgehead atoms. The number of rotatable bonds is 1. The van der Waals surface area contributed by atoms with Crippen molar-refractivity contribution in [1.29, 1.82) is 0 Å². The zero-order valence-electron chi connectivity index (χ0n) is 6.55. The predicted molar refractivity (Wildman–Crippen MR) is 42.5 cm³/mol. The Morgan fingerprint density at radius 3 is 2.75 bits per heavy atom. The first kappa shape index (κ1) is 6.84. The fourth-order valence-electron chi connectivity index (χ4n) is 0.930. The molecule has 0 aromatic carbocycles. The van der Waals surface area contributed by atoms with Gasteiger partial charge in [-0.3, -0.25) is 4.68 Å². The number of aromatic nitrogens is 5. The largest absolute Gasteiger partial charge is 0.381 e. The standard InChI is InChI=1S/C6H8N6/c1-11-3-5(2-8-11)12-4-6(7)9-10-12/h2-4H,7H2,1H3. The van der Waals surface area contributed by atoms with E-state index in [4.69, 9.17) is 5.73 Å². The third-order valence-corrected chi connectivity index (χ3v) is 1.47. The van der Waals surface area contributed by atoms with E-state index in [0.29, 0.717) is 5.82 Å². The lowest BCUT2D eigenvalue weighted by molar-refractivity contribution is 0.763. The number of nitrogens with two attached hydrogens (primary N) is 1. The van der Waals surface area contributed by atoms with Gasteiger partial charge in [-0.05, 0) is 0 Å². The second kappa shape index (κ2) is 2.33. The molecule has 2 heterocycles. The van der Waals surface area contributed by atoms with Crippen LogP contribution >= 0.6 is 0 Å². The van der Waals surface area contributed by atoms with Crippen LogP contribution < -0.4 is 5.73 Å². The van der Waals surface area contributed by atoms with Crippen LogP contribution in [0.3, 0.4) is 0 Å². The van der Waals surface area contributed by atoms with Gasteiger partial charge in [-0.15, -0.1) is 5.10 Å². The molecule has 0 radical (unpaired) electrons. The molecule has 2 aromatic rings. The number of hydrogen-bond donors (Lipinski definition) is 1. The van der Waals surface area contributed by atoms with Gasteiger partial charge in [0.05, 0.1) is 18.6 Å². The van der Waals surface area contributed by atoms with E-state index in [-0.39, 0.29) is 0 Å². The molecule has 0 aliphatic carbocycles. The Hall–Kier alpha value is -1.85. The smallest absolute Gasteiger partial charge is 0.166 e. The summed E-state index contributed by atoms with van der Waals surface area (Å²) in [5.41, 5.74) is 6.25. The molecule has 0 aliphatic heterocycles. The van der Waals surface area contributed by atoms with Gasteiger partial charge in [-0.2, -0.15) is 5.10 Å². The maximum atomic E-state index is 5.40. The topological polar surface area (TPSA) is 74.5 Å². The van der Waals surface area contributed by atoms with E-state index in [1.807, 2.05) is 13.2 Å². The average Bonchev–Trinajstić information content (AvgIpc) is 2.58. The zero-order chi connectivity index (χ0) is 8.55. The second-order valence-electron chi connectivity index (χ2n) is 2.46. The van der Waals surface area contributed by atoms with Gasteiger partial charge in [-0.1, -0.05) is 5.21 Å². The highest BCUT2D eigenvalue weighted by molar-refractivity contribution is 5.29. The van der Waals surface area contributed by atoms with Gasteiger partial charge in [0.15, 0.2) is 5.82 Å². The molecular formula is C6H8N6. The summed E-state index contributed by atoms with van der Waals surface area (Å²) in [5.74, 6) is 0.402. The molecule has 2 N–H and O–H groups in total. The van der Waals surface area contributed by atoms with Gasteiger partial charge in [0.2, 0.25) is 0 Å². The molecule has 0 saturated heterocycles. The van der Waals surface area contributed by atoms with E-state index in [2.05, 4.69) is 15.4 Å². The first-order valence-corrected chi connectivity index (χ1v) is 3.42. The quantitative estimate of drug-likeness (QED) is 0.621. The lowest BCUT2D eigenvalue weighted by atomic mass is 10.6. The van der Waals surface area contributed by atoms with Crippen molar-refractivity contribution < 1.29 is 0 Å². The highest BCUT2D eigenvalue weighted by Crippen LogP contribution is 2.04. The summed E-state index contributed by atoms with van der Waals surface area (Å²) >= 11 is 0. The fraction of sp³-hybridized carbons (Fsp3) is 0.167. The highest BCUT2D eigenvalue weighted by Gasteiger charge is 2.00. The molecule has 6 heteroatoms. The molecule has 6 nitrogen and oxygen atoms in total. The molecule has 0 unspecified atom stereocenters. The summed E-state index contributed by atoms with van der Waals surface area (Å²) in [7, 11) is 1.84. The van der Waals surface area contributed by atoms with E-state index in [1.165, 1.54) is 0 Å². The Kier molecular flexibility index (Phi) is 1.33. The summed E-state index contributed by atoms with van der Waals surface area (Å²) in [6.45, 7) is 0. The summed E-state index contributed by atoms with van der Waals surface area (Å²) in [6.07, 6.45) is 5.15. The summed E-state index contributed by atoms with van der Waals surface area (Å²) < 4.78 is 3.26. The van der Waals surface area contributed by atoms with E-state index in [1.54, 1.807) is 21.8 Å². The monoisotopic (exact) mass is 164 g/mol. The maximum absolute atomic E-state index is 5.40. The average molecular weight is 164 g/mol. The molecule has 0 fully saturated rings. The van der Waals surface area contributed by atoms with Crippen molar-refractivity contribution in [3.05, 3.63) is 18.6 Å². The minimum absolute atomic E-state index is 0.402. The normalized spacial score (nSPS) is 10.4. The number of nitrogen functional groups attached to an aromatic ring is 1. The van der Waals surface area contributed by atoms with Crippen LogP contribution in [0.2, 0.25) is 0 Å². The van der Waals surface area contributed by atoms with Gasteiger partial charge >= 0.3 is 0 Å². The number of anilines is 1. The van der Waals surface area contributed by atoms with Crippen molar-refractivity contribution in [2.75, 3.05) is 5.73 Å². The summed E-state index contributed by atoms with van der Waals surface area (Å²) in [6, 6.07) is 0. The van der Waals surface area contributed by atoms with E-state index in [0.717, 1.165) is 5.69 Å². The van der Waals surface area contributed by atoms with Gasteiger partial charge in [0, 0.05) is 7.05 Å². The van der Waals surface area contributed by atoms with E-state index < -0.39 is 0 Å². The molecule has 62 valence electrons. The molecule has 0 saturated carbocycles. The van der Waals surface area contributed by atoms with Gasteiger partial charge < -0.3 is 5.73 Å². The Morgan fingerprint density at radius 2 is 2.25 bits per heavy atom. The Morgan fingerprint density at radius 1 is 1.42 bits per heavy atom. The molecule has 0 spiro atoms. The Balaban J connectivity index is 2.43. The van der Waals surface area contributed by atoms with Crippen LogP contribution in [0.25, 0.3) is 5.69 Å². The fourth-order valence-corrected chi connectivity index (χ4v) is 0.930. The van der Waals surface area contributed by atoms with Gasteiger partial charge in [0.1, 0.15) is 5.69 Å². The number of hydrogen-bond acceptors (Lipinski definition) is 4. The lowest BCUT2D eigenvalue weighted by Crippen LogP contribution is -1.92. The third kappa shape index (κ3) is 1.03. The number of nitrogens with zero attached hydrogens (tertiary/aromatic N) is 5. The molecule has 0 aliphatic rings. The molecule has 2 aromatic heterocycles. The van der Waals surface area contributed by atoms with Gasteiger partial charge in [-0.25, -0.2) is 4.68 Å². The van der Waals surface area contributed by atoms with E-state index >= 15 is 0 Å². The second-order valence-corrected chi connectivity index (χ2v) is 2.46. The van der Waals surface area contributed by atoms with Gasteiger partial charge in [0.25, 0.3) is 0 Å². The molecular weight excluding hydrogens is 156 g/mol. The van der Waals surface area contributed by atoms with Crippen molar-refractivity contribution in [2.45, 2.75) is 0 Å². The Bertz CT molecular complexity index is 348. The first-order valence-electron chi connectivity index (χ1n) is 3.42. The summed E-state index contributed by atoms with van der Waals surface area (Å²) in [4.78, 5) is 0. The molecule has 0 amide bonds. The van der Waals surface area contributed by atoms with Crippen molar-refractivity contribution in [2.24, 2.45) is 7.05 Å². The van der Waals surface area contributed by atoms with Crippen LogP contribution in [0.5, 0.6) is 0 Å². The zero-order valence-corrected chi connectivity index (χ0v) is 6.55. The predicted octanol–water partition coefficient (Wildman–Crippen LogP) is -0.417. The van der Waals surface area contributed by atoms with Crippen molar-refractivity contribution in [3.63, 3.8) is 0 Å². The molecule has 12 heavy (non-hydrogen) atoms. The lowest BCUT2D eigenvalue weighted by Gasteiger charge is -1.90. The first-order chi connectivity index (χ1) is 5.75. The Labute approximate surface area is 68.6 Å². The SMILES string of the molecule is Cn1cc(-n2cc(N)nn2)cn1. The van der Waals surface area contributed by atoms with Crippen molar-refractivity contribution in [3.8, 4) is 5.69 Å². The maximum Gasteiger partial charge on any atom is 0.166 e. The molecule has 0 atom stereocenters. The van der Waals surface area contributed by atoms with Crippen molar-refractivity contribution in [1.82, 2.24) is 24.8 Å². The minimum Gasteiger partial charge on any atom is -0.381 e. The summed E-state index contributed by atoms with van der Waals surface area (Å²) in [5, 5.41) is 11.4. The van der Waals surface area contributed by atoms with Crippen LogP contribution in [0, 0.1) is 0 Å². The third-order valence-electron chi connectivity index (χ3n) is 1.47. The van der Waals surface area contributed by atoms with Crippen LogP contribution in [0.4, 0.5) is 5.82 Å². The number of aryl methyl sites for hydroxylation is 1. The van der Waals surface area contributed by atoms with Crippen LogP contribution in [0.15, 0.2) is 18.6 Å². The van der Waals surface area contributed by atoms with E-state index in [9.17, 15) is 0 Å². The molecule has 2 rings (SSSR count).